The molecule has 0 unspecified atom stereocenters. The zero-order valence-electron chi connectivity index (χ0n) is 19.6. The number of unbranched alkanes of at least 4 members (excludes halogenated alkanes) is 1. The second kappa shape index (κ2) is 10.8. The topological polar surface area (TPSA) is 83.9 Å². The zero-order valence-corrected chi connectivity index (χ0v) is 21.2. The van der Waals surface area contributed by atoms with Gasteiger partial charge in [-0.15, -0.1) is 11.8 Å². The average Bonchev–Trinajstić information content (AvgIpc) is 2.90. The first kappa shape index (κ1) is 26.1. The van der Waals surface area contributed by atoms with E-state index in [1.165, 1.54) is 30.0 Å². The molecule has 0 bridgehead atoms. The van der Waals surface area contributed by atoms with Crippen molar-refractivity contribution in [1.82, 2.24) is 0 Å². The molecule has 0 aromatic heterocycles. The zero-order chi connectivity index (χ0) is 24.9. The molecule has 1 aliphatic heterocycles. The van der Waals surface area contributed by atoms with Crippen molar-refractivity contribution < 1.29 is 27.4 Å². The van der Waals surface area contributed by atoms with Crippen molar-refractivity contribution >= 4 is 38.9 Å². The third-order valence-electron chi connectivity index (χ3n) is 6.22. The predicted octanol–water partition coefficient (Wildman–Crippen LogP) is 6.04. The van der Waals surface area contributed by atoms with Crippen LogP contribution in [0.5, 0.6) is 5.75 Å². The van der Waals surface area contributed by atoms with E-state index in [1.54, 1.807) is 18.2 Å². The largest absolute Gasteiger partial charge is 0.478 e. The van der Waals surface area contributed by atoms with Crippen LogP contribution in [0.3, 0.4) is 0 Å². The van der Waals surface area contributed by atoms with Crippen LogP contribution in [0.25, 0.3) is 0 Å². The average molecular weight is 508 g/mol. The first-order chi connectivity index (χ1) is 16.1. The van der Waals surface area contributed by atoms with Gasteiger partial charge in [0.1, 0.15) is 11.6 Å². The molecule has 1 heterocycles. The summed E-state index contributed by atoms with van der Waals surface area (Å²) in [4.78, 5) is 13.6. The third kappa shape index (κ3) is 5.75. The SMILES string of the molecule is CCCC[C@]1(CC)CN(c2ccc(F)cc2)c2cc(SC)c(O/C=C/C(=O)O)cc2S(=O)(=O)C1. The number of thioether (sulfide) groups is 1. The molecule has 6 nitrogen and oxygen atoms in total. The molecule has 1 atom stereocenters. The van der Waals surface area contributed by atoms with Crippen LogP contribution >= 0.6 is 11.8 Å². The molecule has 184 valence electrons. The number of aliphatic carboxylic acids is 1. The number of carboxylic acids is 1. The number of hydrogen-bond acceptors (Lipinski definition) is 6. The number of carboxylic acid groups (broad SMARTS) is 1. The molecule has 0 spiro atoms. The van der Waals surface area contributed by atoms with E-state index in [4.69, 9.17) is 9.84 Å². The summed E-state index contributed by atoms with van der Waals surface area (Å²) < 4.78 is 46.7. The maximum atomic E-state index is 13.7. The van der Waals surface area contributed by atoms with Crippen molar-refractivity contribution in [2.75, 3.05) is 23.5 Å². The minimum atomic E-state index is -3.71. The van der Waals surface area contributed by atoms with E-state index in [-0.39, 0.29) is 22.2 Å². The lowest BCUT2D eigenvalue weighted by atomic mass is 9.81. The Morgan fingerprint density at radius 3 is 2.56 bits per heavy atom. The number of nitrogens with zero attached hydrogens (tertiary/aromatic N) is 1. The molecule has 1 N–H and O–H groups in total. The van der Waals surface area contributed by atoms with Gasteiger partial charge >= 0.3 is 5.97 Å². The van der Waals surface area contributed by atoms with E-state index in [9.17, 15) is 17.6 Å². The molecule has 0 radical (unpaired) electrons. The van der Waals surface area contributed by atoms with Gasteiger partial charge < -0.3 is 14.7 Å². The predicted molar refractivity (Wildman–Crippen MR) is 133 cm³/mol. The standard InChI is InChI=1S/C25H30FNO5S2/c1-4-6-12-25(5-2)16-27(19-9-7-18(26)8-10-19)20-14-22(33-3)21(32-13-11-24(28)29)15-23(20)34(30,31)17-25/h7-11,13-15H,4-6,12,16-17H2,1-3H3,(H,28,29)/b13-11+/t25-/m1/s1. The summed E-state index contributed by atoms with van der Waals surface area (Å²) in [6, 6.07) is 9.31. The van der Waals surface area contributed by atoms with E-state index < -0.39 is 21.2 Å². The summed E-state index contributed by atoms with van der Waals surface area (Å²) in [7, 11) is -3.71. The Hall–Kier alpha value is -2.52. The van der Waals surface area contributed by atoms with Gasteiger partial charge in [-0.25, -0.2) is 17.6 Å². The highest BCUT2D eigenvalue weighted by molar-refractivity contribution is 7.98. The van der Waals surface area contributed by atoms with Crippen molar-refractivity contribution in [3.8, 4) is 5.75 Å². The van der Waals surface area contributed by atoms with E-state index in [2.05, 4.69) is 6.92 Å². The first-order valence-corrected chi connectivity index (χ1v) is 14.1. The second-order valence-corrected chi connectivity index (χ2v) is 11.3. The maximum absolute atomic E-state index is 13.7. The number of hydrogen-bond donors (Lipinski definition) is 1. The number of sulfone groups is 1. The van der Waals surface area contributed by atoms with Gasteiger partial charge in [-0.1, -0.05) is 26.7 Å². The fourth-order valence-electron chi connectivity index (χ4n) is 4.30. The van der Waals surface area contributed by atoms with Crippen molar-refractivity contribution in [2.24, 2.45) is 5.41 Å². The van der Waals surface area contributed by atoms with Crippen LogP contribution in [0.1, 0.15) is 39.5 Å². The third-order valence-corrected chi connectivity index (χ3v) is 8.96. The number of halogens is 1. The Labute approximate surface area is 204 Å². The molecule has 0 saturated carbocycles. The van der Waals surface area contributed by atoms with Crippen molar-refractivity contribution in [2.45, 2.75) is 49.3 Å². The summed E-state index contributed by atoms with van der Waals surface area (Å²) in [5, 5.41) is 8.86. The van der Waals surface area contributed by atoms with E-state index in [0.717, 1.165) is 31.6 Å². The van der Waals surface area contributed by atoms with Gasteiger partial charge in [0.2, 0.25) is 0 Å². The van der Waals surface area contributed by atoms with Crippen molar-refractivity contribution in [1.29, 1.82) is 0 Å². The summed E-state index contributed by atoms with van der Waals surface area (Å²) in [5.41, 5.74) is 0.740. The molecule has 34 heavy (non-hydrogen) atoms. The Bertz CT molecular complexity index is 1160. The monoisotopic (exact) mass is 507 g/mol. The Kier molecular flexibility index (Phi) is 8.30. The summed E-state index contributed by atoms with van der Waals surface area (Å²) >= 11 is 1.37. The normalized spacial score (nSPS) is 19.6. The Balaban J connectivity index is 2.24. The lowest BCUT2D eigenvalue weighted by molar-refractivity contribution is -0.131. The van der Waals surface area contributed by atoms with E-state index in [0.29, 0.717) is 29.2 Å². The van der Waals surface area contributed by atoms with Gasteiger partial charge in [0.05, 0.1) is 33.6 Å². The molecule has 2 aromatic carbocycles. The molecule has 3 rings (SSSR count). The van der Waals surface area contributed by atoms with Crippen molar-refractivity contribution in [3.63, 3.8) is 0 Å². The molecule has 0 saturated heterocycles. The van der Waals surface area contributed by atoms with Gasteiger partial charge in [0, 0.05) is 23.7 Å². The molecular formula is C25H30FNO5S2. The number of rotatable bonds is 9. The van der Waals surface area contributed by atoms with E-state index in [1.807, 2.05) is 18.1 Å². The summed E-state index contributed by atoms with van der Waals surface area (Å²) in [5.74, 6) is -1.27. The molecule has 1 aliphatic rings. The fraction of sp³-hybridized carbons (Fsp3) is 0.400. The van der Waals surface area contributed by atoms with Crippen LogP contribution < -0.4 is 9.64 Å². The minimum absolute atomic E-state index is 0.00971. The molecule has 9 heteroatoms. The van der Waals surface area contributed by atoms with Crippen LogP contribution in [-0.2, 0) is 14.6 Å². The molecule has 2 aromatic rings. The Morgan fingerprint density at radius 2 is 1.97 bits per heavy atom. The number of benzene rings is 2. The van der Waals surface area contributed by atoms with Gasteiger partial charge in [-0.3, -0.25) is 0 Å². The lowest BCUT2D eigenvalue weighted by Gasteiger charge is -2.36. The fourth-order valence-corrected chi connectivity index (χ4v) is 7.01. The van der Waals surface area contributed by atoms with Crippen LogP contribution in [0.2, 0.25) is 0 Å². The number of carbonyl (C=O) groups is 1. The second-order valence-electron chi connectivity index (χ2n) is 8.51. The van der Waals surface area contributed by atoms with Crippen LogP contribution in [0.15, 0.2) is 58.5 Å². The quantitative estimate of drug-likeness (QED) is 0.252. The maximum Gasteiger partial charge on any atom is 0.331 e. The molecule has 0 aliphatic carbocycles. The minimum Gasteiger partial charge on any atom is -0.478 e. The van der Waals surface area contributed by atoms with Crippen molar-refractivity contribution in [3.05, 3.63) is 54.6 Å². The van der Waals surface area contributed by atoms with Gasteiger partial charge in [-0.05, 0) is 49.4 Å². The van der Waals surface area contributed by atoms with E-state index >= 15 is 0 Å². The highest BCUT2D eigenvalue weighted by Gasteiger charge is 2.42. The van der Waals surface area contributed by atoms with Crippen LogP contribution in [0, 0.1) is 11.2 Å². The number of fused-ring (bicyclic) bond motifs is 1. The molecular weight excluding hydrogens is 477 g/mol. The lowest BCUT2D eigenvalue weighted by Crippen LogP contribution is -2.37. The molecule has 0 amide bonds. The van der Waals surface area contributed by atoms with Crippen LogP contribution in [0.4, 0.5) is 15.8 Å². The number of anilines is 2. The highest BCUT2D eigenvalue weighted by Crippen LogP contribution is 2.47. The molecule has 0 fully saturated rings. The van der Waals surface area contributed by atoms with Gasteiger partial charge in [-0.2, -0.15) is 0 Å². The van der Waals surface area contributed by atoms with Gasteiger partial charge in [0.25, 0.3) is 0 Å². The summed E-state index contributed by atoms with van der Waals surface area (Å²) in [6.07, 6.45) is 7.01. The van der Waals surface area contributed by atoms with Crippen LogP contribution in [-0.4, -0.2) is 38.0 Å². The highest BCUT2D eigenvalue weighted by atomic mass is 32.2. The summed E-state index contributed by atoms with van der Waals surface area (Å²) in [6.45, 7) is 4.58. The smallest absolute Gasteiger partial charge is 0.331 e. The number of ether oxygens (including phenoxy) is 1. The first-order valence-electron chi connectivity index (χ1n) is 11.2. The Morgan fingerprint density at radius 1 is 1.26 bits per heavy atom. The van der Waals surface area contributed by atoms with Gasteiger partial charge in [0.15, 0.2) is 9.84 Å².